The Bertz CT molecular complexity index is 403. The van der Waals surface area contributed by atoms with Crippen molar-refractivity contribution in [2.24, 2.45) is 5.92 Å². The first-order chi connectivity index (χ1) is 8.04. The molecule has 17 heavy (non-hydrogen) atoms. The van der Waals surface area contributed by atoms with E-state index in [1.807, 2.05) is 6.07 Å². The van der Waals surface area contributed by atoms with Gasteiger partial charge in [0.1, 0.15) is 0 Å². The summed E-state index contributed by atoms with van der Waals surface area (Å²) < 4.78 is 25.3. The third-order valence-electron chi connectivity index (χ3n) is 3.53. The Hall–Kier alpha value is -0.640. The molecular formula is C11H19N3O2S. The van der Waals surface area contributed by atoms with Crippen molar-refractivity contribution >= 4 is 10.0 Å². The van der Waals surface area contributed by atoms with E-state index in [1.54, 1.807) is 0 Å². The molecule has 6 heteroatoms. The molecule has 0 radical (unpaired) electrons. The second-order valence-corrected chi connectivity index (χ2v) is 7.21. The minimum absolute atomic E-state index is 0.529. The molecule has 0 N–H and O–H groups in total. The molecule has 1 heterocycles. The Morgan fingerprint density at radius 1 is 1.29 bits per heavy atom. The van der Waals surface area contributed by atoms with E-state index in [9.17, 15) is 8.42 Å². The first-order valence-corrected chi connectivity index (χ1v) is 7.65. The third-order valence-corrected chi connectivity index (χ3v) is 5.62. The lowest BCUT2D eigenvalue weighted by atomic mass is 10.3. The van der Waals surface area contributed by atoms with Gasteiger partial charge in [-0.1, -0.05) is 0 Å². The van der Waals surface area contributed by atoms with Crippen molar-refractivity contribution in [2.75, 3.05) is 32.7 Å². The molecule has 1 saturated carbocycles. The maximum atomic E-state index is 11.9. The van der Waals surface area contributed by atoms with Gasteiger partial charge in [-0.2, -0.15) is 9.57 Å². The van der Waals surface area contributed by atoms with Gasteiger partial charge >= 0.3 is 0 Å². The summed E-state index contributed by atoms with van der Waals surface area (Å²) in [7, 11) is -3.40. The van der Waals surface area contributed by atoms with E-state index >= 15 is 0 Å². The van der Waals surface area contributed by atoms with Gasteiger partial charge in [0, 0.05) is 32.7 Å². The van der Waals surface area contributed by atoms with Crippen LogP contribution in [0.3, 0.4) is 0 Å². The van der Waals surface area contributed by atoms with Crippen molar-refractivity contribution in [2.45, 2.75) is 25.0 Å². The van der Waals surface area contributed by atoms with Crippen LogP contribution in [0.2, 0.25) is 0 Å². The molecule has 96 valence electrons. The predicted molar refractivity (Wildman–Crippen MR) is 64.7 cm³/mol. The molecule has 1 saturated heterocycles. The van der Waals surface area contributed by atoms with Gasteiger partial charge in [0.25, 0.3) is 0 Å². The summed E-state index contributed by atoms with van der Waals surface area (Å²) in [6.45, 7) is 5.22. The monoisotopic (exact) mass is 257 g/mol. The highest BCUT2D eigenvalue weighted by Crippen LogP contribution is 2.30. The summed E-state index contributed by atoms with van der Waals surface area (Å²) in [4.78, 5) is 2.33. The number of nitriles is 1. The van der Waals surface area contributed by atoms with Crippen LogP contribution >= 0.6 is 0 Å². The van der Waals surface area contributed by atoms with Gasteiger partial charge in [-0.3, -0.25) is 0 Å². The smallest absolute Gasteiger partial charge is 0.230 e. The topological polar surface area (TPSA) is 64.4 Å². The minimum Gasteiger partial charge on any atom is -0.300 e. The van der Waals surface area contributed by atoms with Gasteiger partial charge < -0.3 is 4.90 Å². The fraction of sp³-hybridized carbons (Fsp3) is 0.909. The number of piperazine rings is 1. The lowest BCUT2D eigenvalue weighted by Crippen LogP contribution is -2.50. The van der Waals surface area contributed by atoms with Crippen molar-refractivity contribution in [3.63, 3.8) is 0 Å². The lowest BCUT2D eigenvalue weighted by molar-refractivity contribution is 0.182. The van der Waals surface area contributed by atoms with Crippen LogP contribution in [-0.2, 0) is 10.0 Å². The number of hydrogen-bond donors (Lipinski definition) is 0. The van der Waals surface area contributed by atoms with Crippen LogP contribution in [0.5, 0.6) is 0 Å². The van der Waals surface area contributed by atoms with Crippen LogP contribution in [0.15, 0.2) is 0 Å². The van der Waals surface area contributed by atoms with Crippen LogP contribution in [0.4, 0.5) is 0 Å². The molecule has 0 bridgehead atoms. The normalized spacial score (nSPS) is 25.4. The molecule has 1 aliphatic heterocycles. The Balaban J connectivity index is 1.87. The Kier molecular flexibility index (Phi) is 3.71. The van der Waals surface area contributed by atoms with Gasteiger partial charge in [0.2, 0.25) is 10.0 Å². The zero-order valence-corrected chi connectivity index (χ0v) is 11.0. The molecule has 1 atom stereocenters. The van der Waals surface area contributed by atoms with E-state index in [1.165, 1.54) is 24.1 Å². The van der Waals surface area contributed by atoms with Crippen LogP contribution in [-0.4, -0.2) is 55.6 Å². The Morgan fingerprint density at radius 3 is 2.35 bits per heavy atom. The zero-order valence-electron chi connectivity index (χ0n) is 10.2. The van der Waals surface area contributed by atoms with Crippen molar-refractivity contribution in [3.8, 4) is 6.07 Å². The number of hydrogen-bond acceptors (Lipinski definition) is 4. The minimum atomic E-state index is -3.40. The van der Waals surface area contributed by atoms with Crippen molar-refractivity contribution in [3.05, 3.63) is 0 Å². The summed E-state index contributed by atoms with van der Waals surface area (Å²) in [5, 5.41) is 7.78. The van der Waals surface area contributed by atoms with Crippen LogP contribution in [0.25, 0.3) is 0 Å². The summed E-state index contributed by atoms with van der Waals surface area (Å²) in [5.74, 6) is 0.844. The molecule has 0 amide bonds. The number of nitrogens with zero attached hydrogens (tertiary/aromatic N) is 3. The van der Waals surface area contributed by atoms with E-state index in [0.717, 1.165) is 25.6 Å². The Morgan fingerprint density at radius 2 is 1.88 bits per heavy atom. The predicted octanol–water partition coefficient (Wildman–Crippen LogP) is 0.256. The highest BCUT2D eigenvalue weighted by molar-refractivity contribution is 7.89. The summed E-state index contributed by atoms with van der Waals surface area (Å²) in [5.41, 5.74) is 0. The van der Waals surface area contributed by atoms with Gasteiger partial charge in [0.05, 0.1) is 6.07 Å². The Labute approximate surface area is 103 Å². The molecule has 0 aromatic carbocycles. The second-order valence-electron chi connectivity index (χ2n) is 4.96. The van der Waals surface area contributed by atoms with E-state index < -0.39 is 15.3 Å². The first kappa shape index (κ1) is 12.8. The maximum absolute atomic E-state index is 11.9. The van der Waals surface area contributed by atoms with Gasteiger partial charge in [-0.25, -0.2) is 8.42 Å². The maximum Gasteiger partial charge on any atom is 0.230 e. The van der Waals surface area contributed by atoms with Crippen LogP contribution < -0.4 is 0 Å². The molecule has 0 spiro atoms. The SMILES string of the molecule is CC(C#N)S(=O)(=O)N1CCN(CC2CC2)CC1. The lowest BCUT2D eigenvalue weighted by Gasteiger charge is -2.34. The van der Waals surface area contributed by atoms with Gasteiger partial charge in [0.15, 0.2) is 5.25 Å². The molecule has 5 nitrogen and oxygen atoms in total. The molecule has 2 rings (SSSR count). The molecular weight excluding hydrogens is 238 g/mol. The van der Waals surface area contributed by atoms with E-state index in [4.69, 9.17) is 5.26 Å². The van der Waals surface area contributed by atoms with Crippen molar-refractivity contribution in [1.82, 2.24) is 9.21 Å². The highest BCUT2D eigenvalue weighted by atomic mass is 32.2. The average Bonchev–Trinajstić information content (AvgIpc) is 3.12. The van der Waals surface area contributed by atoms with Gasteiger partial charge in [-0.15, -0.1) is 0 Å². The van der Waals surface area contributed by atoms with Crippen LogP contribution in [0, 0.1) is 17.2 Å². The summed E-state index contributed by atoms with van der Waals surface area (Å²) in [6, 6.07) is 1.81. The second kappa shape index (κ2) is 4.92. The highest BCUT2D eigenvalue weighted by Gasteiger charge is 2.33. The van der Waals surface area contributed by atoms with E-state index in [0.29, 0.717) is 13.1 Å². The molecule has 0 aromatic rings. The fourth-order valence-electron chi connectivity index (χ4n) is 2.12. The summed E-state index contributed by atoms with van der Waals surface area (Å²) in [6.07, 6.45) is 2.65. The molecule has 2 fully saturated rings. The largest absolute Gasteiger partial charge is 0.300 e. The molecule has 0 aromatic heterocycles. The molecule has 2 aliphatic rings. The number of sulfonamides is 1. The van der Waals surface area contributed by atoms with Gasteiger partial charge in [-0.05, 0) is 25.7 Å². The third kappa shape index (κ3) is 2.97. The van der Waals surface area contributed by atoms with E-state index in [-0.39, 0.29) is 0 Å². The average molecular weight is 257 g/mol. The molecule has 1 unspecified atom stereocenters. The van der Waals surface area contributed by atoms with Crippen molar-refractivity contribution in [1.29, 1.82) is 5.26 Å². The van der Waals surface area contributed by atoms with Crippen molar-refractivity contribution < 1.29 is 8.42 Å². The fourth-order valence-corrected chi connectivity index (χ4v) is 3.38. The van der Waals surface area contributed by atoms with Crippen LogP contribution in [0.1, 0.15) is 19.8 Å². The summed E-state index contributed by atoms with van der Waals surface area (Å²) >= 11 is 0. The number of rotatable bonds is 4. The zero-order chi connectivity index (χ0) is 12.5. The molecule has 1 aliphatic carbocycles. The quantitative estimate of drug-likeness (QED) is 0.724. The first-order valence-electron chi connectivity index (χ1n) is 6.15. The standard InChI is InChI=1S/C11H19N3O2S/c1-10(8-12)17(15,16)14-6-4-13(5-7-14)9-11-2-3-11/h10-11H,2-7,9H2,1H3. The van der Waals surface area contributed by atoms with E-state index in [2.05, 4.69) is 4.90 Å².